The molecular formula is C22H33N2O5P. The first kappa shape index (κ1) is 24.2. The fourth-order valence-electron chi connectivity index (χ4n) is 3.37. The number of hydrogen-bond donors (Lipinski definition) is 2. The molecule has 30 heavy (non-hydrogen) atoms. The lowest BCUT2D eigenvalue weighted by Gasteiger charge is -2.37. The molecule has 0 amide bonds. The van der Waals surface area contributed by atoms with Crippen molar-refractivity contribution >= 4 is 13.3 Å². The largest absolute Gasteiger partial charge is 0.504 e. The minimum Gasteiger partial charge on any atom is -0.504 e. The van der Waals surface area contributed by atoms with E-state index >= 15 is 0 Å². The Morgan fingerprint density at radius 3 is 2.30 bits per heavy atom. The maximum absolute atomic E-state index is 14.0. The van der Waals surface area contributed by atoms with Gasteiger partial charge < -0.3 is 24.2 Å². The number of aromatic nitrogens is 1. The highest BCUT2D eigenvalue weighted by Gasteiger charge is 2.49. The summed E-state index contributed by atoms with van der Waals surface area (Å²) < 4.78 is 30.8. The van der Waals surface area contributed by atoms with Gasteiger partial charge in [0.2, 0.25) is 0 Å². The zero-order valence-electron chi connectivity index (χ0n) is 18.9. The van der Waals surface area contributed by atoms with Crippen LogP contribution < -0.4 is 10.1 Å². The Bertz CT molecular complexity index is 924. The molecule has 2 rings (SSSR count). The monoisotopic (exact) mass is 436 g/mol. The highest BCUT2D eigenvalue weighted by molar-refractivity contribution is 7.55. The van der Waals surface area contributed by atoms with Gasteiger partial charge in [-0.1, -0.05) is 6.07 Å². The second-order valence-electron chi connectivity index (χ2n) is 7.39. The van der Waals surface area contributed by atoms with Crippen molar-refractivity contribution in [1.29, 1.82) is 0 Å². The minimum atomic E-state index is -3.61. The molecule has 7 nitrogen and oxygen atoms in total. The van der Waals surface area contributed by atoms with E-state index in [9.17, 15) is 9.67 Å². The van der Waals surface area contributed by atoms with Crippen LogP contribution in [0.2, 0.25) is 0 Å². The maximum atomic E-state index is 14.0. The molecule has 1 unspecified atom stereocenters. The number of pyridine rings is 1. The van der Waals surface area contributed by atoms with Crippen molar-refractivity contribution < 1.29 is 23.5 Å². The number of anilines is 1. The standard InChI is InChI=1S/C22H33N2O5P/c1-8-28-30(26,29-9-2)22(6,14-23-19-11-10-16(4)24-17(19)5)18-12-15(3)21(25)20(13-18)27-7/h10-13,23,25H,8-9,14H2,1-7H3. The summed E-state index contributed by atoms with van der Waals surface area (Å²) >= 11 is 0. The number of ether oxygens (including phenoxy) is 1. The molecule has 0 aliphatic carbocycles. The third-order valence-electron chi connectivity index (χ3n) is 5.16. The van der Waals surface area contributed by atoms with Crippen LogP contribution in [0.25, 0.3) is 0 Å². The fourth-order valence-corrected chi connectivity index (χ4v) is 5.42. The molecule has 0 bridgehead atoms. The molecular weight excluding hydrogens is 403 g/mol. The molecule has 8 heteroatoms. The van der Waals surface area contributed by atoms with Gasteiger partial charge >= 0.3 is 7.60 Å². The molecule has 2 aromatic rings. The molecule has 0 saturated heterocycles. The van der Waals surface area contributed by atoms with Gasteiger partial charge in [0.05, 0.1) is 31.7 Å². The summed E-state index contributed by atoms with van der Waals surface area (Å²) in [6.45, 7) is 11.8. The van der Waals surface area contributed by atoms with Crippen molar-refractivity contribution in [3.63, 3.8) is 0 Å². The molecule has 0 aliphatic heterocycles. The number of aromatic hydroxyl groups is 1. The van der Waals surface area contributed by atoms with E-state index in [1.165, 1.54) is 7.11 Å². The van der Waals surface area contributed by atoms with Crippen LogP contribution in [0, 0.1) is 20.8 Å². The third-order valence-corrected chi connectivity index (χ3v) is 7.98. The molecule has 2 N–H and O–H groups in total. The summed E-state index contributed by atoms with van der Waals surface area (Å²) in [5, 5.41) is 12.6. The molecule has 0 spiro atoms. The van der Waals surface area contributed by atoms with E-state index in [0.717, 1.165) is 17.1 Å². The Hall–Kier alpha value is -2.08. The van der Waals surface area contributed by atoms with Crippen molar-refractivity contribution in [1.82, 2.24) is 4.98 Å². The average molecular weight is 436 g/mol. The fraction of sp³-hybridized carbons (Fsp3) is 0.500. The summed E-state index contributed by atoms with van der Waals surface area (Å²) in [4.78, 5) is 4.49. The van der Waals surface area contributed by atoms with Crippen LogP contribution in [-0.4, -0.2) is 37.0 Å². The predicted molar refractivity (Wildman–Crippen MR) is 120 cm³/mol. The zero-order chi connectivity index (χ0) is 22.5. The normalized spacial score (nSPS) is 13.7. The van der Waals surface area contributed by atoms with Gasteiger partial charge in [-0.15, -0.1) is 0 Å². The second kappa shape index (κ2) is 9.82. The van der Waals surface area contributed by atoms with Crippen LogP contribution in [0.3, 0.4) is 0 Å². The summed E-state index contributed by atoms with van der Waals surface area (Å²) in [7, 11) is -2.12. The van der Waals surface area contributed by atoms with Crippen molar-refractivity contribution in [3.05, 3.63) is 46.8 Å². The van der Waals surface area contributed by atoms with Crippen LogP contribution in [-0.2, 0) is 18.8 Å². The Morgan fingerprint density at radius 2 is 1.77 bits per heavy atom. The number of methoxy groups -OCH3 is 1. The van der Waals surface area contributed by atoms with Gasteiger partial charge in [0.15, 0.2) is 11.5 Å². The number of rotatable bonds is 10. The van der Waals surface area contributed by atoms with E-state index in [2.05, 4.69) is 10.3 Å². The van der Waals surface area contributed by atoms with Gasteiger partial charge in [-0.3, -0.25) is 9.55 Å². The zero-order valence-corrected chi connectivity index (χ0v) is 19.8. The SMILES string of the molecule is CCOP(=O)(OCC)C(C)(CNc1ccc(C)nc1C)c1cc(C)c(O)c(OC)c1. The van der Waals surface area contributed by atoms with E-state index in [4.69, 9.17) is 13.8 Å². The van der Waals surface area contributed by atoms with Crippen LogP contribution in [0.1, 0.15) is 43.3 Å². The molecule has 0 saturated carbocycles. The topological polar surface area (TPSA) is 89.9 Å². The Kier molecular flexibility index (Phi) is 7.92. The van der Waals surface area contributed by atoms with Crippen LogP contribution in [0.5, 0.6) is 11.5 Å². The minimum absolute atomic E-state index is 0.0535. The Balaban J connectivity index is 2.60. The third kappa shape index (κ3) is 4.80. The number of benzene rings is 1. The lowest BCUT2D eigenvalue weighted by molar-refractivity contribution is 0.199. The van der Waals surface area contributed by atoms with E-state index in [1.54, 1.807) is 32.9 Å². The highest BCUT2D eigenvalue weighted by atomic mass is 31.2. The molecule has 1 aromatic carbocycles. The van der Waals surface area contributed by atoms with Crippen molar-refractivity contribution in [3.8, 4) is 11.5 Å². The van der Waals surface area contributed by atoms with Gasteiger partial charge in [0.25, 0.3) is 0 Å². The van der Waals surface area contributed by atoms with Crippen molar-refractivity contribution in [2.45, 2.75) is 46.7 Å². The number of aryl methyl sites for hydroxylation is 3. The van der Waals surface area contributed by atoms with E-state index in [-0.39, 0.29) is 25.5 Å². The highest BCUT2D eigenvalue weighted by Crippen LogP contribution is 2.65. The average Bonchev–Trinajstić information content (AvgIpc) is 2.69. The first-order chi connectivity index (χ1) is 14.1. The maximum Gasteiger partial charge on any atom is 0.342 e. The Labute approximate surface area is 179 Å². The van der Waals surface area contributed by atoms with Crippen molar-refractivity contribution in [2.24, 2.45) is 0 Å². The van der Waals surface area contributed by atoms with Gasteiger partial charge in [0.1, 0.15) is 5.16 Å². The van der Waals surface area contributed by atoms with Crippen LogP contribution >= 0.6 is 7.60 Å². The number of nitrogens with zero attached hydrogens (tertiary/aromatic N) is 1. The first-order valence-electron chi connectivity index (χ1n) is 10.1. The molecule has 166 valence electrons. The molecule has 1 heterocycles. The van der Waals surface area contributed by atoms with Gasteiger partial charge in [-0.2, -0.15) is 0 Å². The van der Waals surface area contributed by atoms with Crippen molar-refractivity contribution in [2.75, 3.05) is 32.2 Å². The summed E-state index contributed by atoms with van der Waals surface area (Å²) in [6.07, 6.45) is 0. The van der Waals surface area contributed by atoms with E-state index in [0.29, 0.717) is 16.9 Å². The van der Waals surface area contributed by atoms with Gasteiger partial charge in [-0.25, -0.2) is 0 Å². The molecule has 1 aromatic heterocycles. The molecule has 0 aliphatic rings. The van der Waals surface area contributed by atoms with Crippen LogP contribution in [0.15, 0.2) is 24.3 Å². The van der Waals surface area contributed by atoms with Crippen LogP contribution in [0.4, 0.5) is 5.69 Å². The van der Waals surface area contributed by atoms with E-state index in [1.807, 2.05) is 32.9 Å². The lowest BCUT2D eigenvalue weighted by atomic mass is 9.97. The number of phenols is 1. The second-order valence-corrected chi connectivity index (χ2v) is 9.89. The first-order valence-corrected chi connectivity index (χ1v) is 11.6. The predicted octanol–water partition coefficient (Wildman–Crippen LogP) is 5.31. The number of hydrogen-bond acceptors (Lipinski definition) is 7. The smallest absolute Gasteiger partial charge is 0.342 e. The summed E-state index contributed by atoms with van der Waals surface area (Å²) in [5.41, 5.74) is 3.91. The van der Waals surface area contributed by atoms with E-state index < -0.39 is 12.8 Å². The quantitative estimate of drug-likeness (QED) is 0.488. The summed E-state index contributed by atoms with van der Waals surface area (Å²) in [6, 6.07) is 7.36. The molecule has 1 atom stereocenters. The molecule has 0 radical (unpaired) electrons. The lowest BCUT2D eigenvalue weighted by Crippen LogP contribution is -2.33. The number of phenolic OH excluding ortho intramolecular Hbond substituents is 1. The van der Waals surface area contributed by atoms with Gasteiger partial charge in [-0.05, 0) is 70.9 Å². The van der Waals surface area contributed by atoms with Gasteiger partial charge in [0, 0.05) is 12.2 Å². The summed E-state index contributed by atoms with van der Waals surface area (Å²) in [5.74, 6) is 0.363. The Morgan fingerprint density at radius 1 is 1.13 bits per heavy atom. The molecule has 0 fully saturated rings. The number of nitrogens with one attached hydrogen (secondary N) is 1.